The van der Waals surface area contributed by atoms with Crippen LogP contribution in [0.4, 0.5) is 0 Å². The van der Waals surface area contributed by atoms with E-state index in [0.29, 0.717) is 16.6 Å². The Balaban J connectivity index is 1.75. The van der Waals surface area contributed by atoms with Crippen molar-refractivity contribution < 1.29 is 9.90 Å². The number of benzene rings is 3. The van der Waals surface area contributed by atoms with Crippen molar-refractivity contribution in [1.29, 1.82) is 5.26 Å². The molecule has 1 unspecified atom stereocenters. The molecule has 3 aromatic carbocycles. The first-order chi connectivity index (χ1) is 16.9. The van der Waals surface area contributed by atoms with Gasteiger partial charge in [-0.15, -0.1) is 0 Å². The van der Waals surface area contributed by atoms with E-state index in [1.54, 1.807) is 22.8 Å². The number of rotatable bonds is 6. The number of carboxylic acids is 1. The summed E-state index contributed by atoms with van der Waals surface area (Å²) < 4.78 is 2.95. The van der Waals surface area contributed by atoms with Crippen LogP contribution in [0, 0.1) is 18.3 Å². The highest BCUT2D eigenvalue weighted by Gasteiger charge is 2.29. The minimum absolute atomic E-state index is 0.145. The van der Waals surface area contributed by atoms with E-state index in [0.717, 1.165) is 27.6 Å². The molecule has 5 aromatic rings. The Morgan fingerprint density at radius 2 is 1.83 bits per heavy atom. The van der Waals surface area contributed by atoms with Gasteiger partial charge in [0.2, 0.25) is 0 Å². The summed E-state index contributed by atoms with van der Waals surface area (Å²) in [7, 11) is 0. The minimum Gasteiger partial charge on any atom is -0.480 e. The van der Waals surface area contributed by atoms with Crippen molar-refractivity contribution in [3.05, 3.63) is 106 Å². The molecule has 2 atom stereocenters. The fraction of sp³-hybridized carbons (Fsp3) is 0.179. The van der Waals surface area contributed by atoms with Crippen molar-refractivity contribution in [3.63, 3.8) is 0 Å². The summed E-state index contributed by atoms with van der Waals surface area (Å²) in [6, 6.07) is 20.8. The smallest absolute Gasteiger partial charge is 0.330 e. The van der Waals surface area contributed by atoms with Crippen LogP contribution in [-0.2, 0) is 11.2 Å². The second-order valence-electron chi connectivity index (χ2n) is 8.80. The van der Waals surface area contributed by atoms with E-state index >= 15 is 0 Å². The van der Waals surface area contributed by atoms with Gasteiger partial charge in [-0.05, 0) is 49.2 Å². The van der Waals surface area contributed by atoms with Crippen molar-refractivity contribution >= 4 is 27.9 Å². The van der Waals surface area contributed by atoms with Crippen LogP contribution in [0.5, 0.6) is 0 Å². The van der Waals surface area contributed by atoms with Gasteiger partial charge in [-0.1, -0.05) is 42.5 Å². The maximum atomic E-state index is 14.0. The van der Waals surface area contributed by atoms with Gasteiger partial charge in [-0.3, -0.25) is 9.13 Å². The lowest BCUT2D eigenvalue weighted by Crippen LogP contribution is -2.33. The highest BCUT2D eigenvalue weighted by molar-refractivity contribution is 5.87. The summed E-state index contributed by atoms with van der Waals surface area (Å²) >= 11 is 0. The maximum absolute atomic E-state index is 14.0. The van der Waals surface area contributed by atoms with Gasteiger partial charge in [-0.2, -0.15) is 5.26 Å². The van der Waals surface area contributed by atoms with E-state index in [1.807, 2.05) is 68.6 Å². The van der Waals surface area contributed by atoms with Crippen molar-refractivity contribution in [1.82, 2.24) is 14.1 Å². The molecule has 5 rings (SSSR count). The van der Waals surface area contributed by atoms with Crippen molar-refractivity contribution in [2.75, 3.05) is 0 Å². The molecule has 2 N–H and O–H groups in total. The van der Waals surface area contributed by atoms with E-state index in [1.165, 1.54) is 4.57 Å². The predicted octanol–water partition coefficient (Wildman–Crippen LogP) is 4.94. The molecule has 0 bridgehead atoms. The molecule has 0 saturated heterocycles. The number of aromatic amines is 1. The van der Waals surface area contributed by atoms with Gasteiger partial charge in [0.1, 0.15) is 6.04 Å². The van der Waals surface area contributed by atoms with Gasteiger partial charge in [0.15, 0.2) is 0 Å². The Morgan fingerprint density at radius 3 is 2.54 bits per heavy atom. The van der Waals surface area contributed by atoms with Gasteiger partial charge in [0, 0.05) is 29.1 Å². The first kappa shape index (κ1) is 22.2. The number of aliphatic carboxylic acids is 1. The van der Waals surface area contributed by atoms with Crippen LogP contribution in [0.3, 0.4) is 0 Å². The van der Waals surface area contributed by atoms with Gasteiger partial charge >= 0.3 is 11.7 Å². The molecule has 0 spiro atoms. The van der Waals surface area contributed by atoms with E-state index in [4.69, 9.17) is 0 Å². The summed E-state index contributed by atoms with van der Waals surface area (Å²) in [5.74, 6) is -1.10. The zero-order valence-electron chi connectivity index (χ0n) is 19.4. The molecule has 2 aromatic heterocycles. The number of nitrogens with one attached hydrogen (secondary N) is 1. The first-order valence-corrected chi connectivity index (χ1v) is 11.4. The number of carboxylic acid groups (broad SMARTS) is 1. The summed E-state index contributed by atoms with van der Waals surface area (Å²) in [5, 5.41) is 20.7. The van der Waals surface area contributed by atoms with Crippen LogP contribution in [0.25, 0.3) is 21.9 Å². The van der Waals surface area contributed by atoms with Gasteiger partial charge in [-0.25, -0.2) is 9.59 Å². The predicted molar refractivity (Wildman–Crippen MR) is 135 cm³/mol. The summed E-state index contributed by atoms with van der Waals surface area (Å²) in [6.07, 6.45) is 2.05. The molecule has 174 valence electrons. The number of hydrogen-bond acceptors (Lipinski definition) is 3. The number of aryl methyl sites for hydroxylation is 1. The summed E-state index contributed by atoms with van der Waals surface area (Å²) in [6.45, 7) is 3.96. The Hall–Kier alpha value is -4.57. The van der Waals surface area contributed by atoms with Crippen LogP contribution < -0.4 is 5.69 Å². The zero-order valence-corrected chi connectivity index (χ0v) is 19.4. The Morgan fingerprint density at radius 1 is 1.06 bits per heavy atom. The van der Waals surface area contributed by atoms with Crippen molar-refractivity contribution in [3.8, 4) is 6.07 Å². The first-order valence-electron chi connectivity index (χ1n) is 11.4. The lowest BCUT2D eigenvalue weighted by molar-refractivity contribution is -0.140. The average Bonchev–Trinajstić information content (AvgIpc) is 3.42. The number of H-pyrrole nitrogens is 1. The third kappa shape index (κ3) is 3.69. The number of nitrogens with zero attached hydrogens (tertiary/aromatic N) is 3. The van der Waals surface area contributed by atoms with Crippen LogP contribution in [0.1, 0.15) is 41.3 Å². The molecule has 35 heavy (non-hydrogen) atoms. The molecule has 0 aliphatic rings. The quantitative estimate of drug-likeness (QED) is 0.371. The van der Waals surface area contributed by atoms with E-state index in [2.05, 4.69) is 11.1 Å². The monoisotopic (exact) mass is 464 g/mol. The van der Waals surface area contributed by atoms with E-state index in [9.17, 15) is 20.0 Å². The third-order valence-corrected chi connectivity index (χ3v) is 6.69. The normalized spacial score (nSPS) is 13.1. The molecule has 7 nitrogen and oxygen atoms in total. The van der Waals surface area contributed by atoms with Crippen LogP contribution >= 0.6 is 0 Å². The second-order valence-corrected chi connectivity index (χ2v) is 8.80. The average molecular weight is 465 g/mol. The third-order valence-electron chi connectivity index (χ3n) is 6.69. The number of aromatic nitrogens is 3. The number of carbonyl (C=O) groups is 1. The van der Waals surface area contributed by atoms with Gasteiger partial charge < -0.3 is 10.1 Å². The molecule has 0 aliphatic heterocycles. The van der Waals surface area contributed by atoms with Gasteiger partial charge in [0.25, 0.3) is 0 Å². The maximum Gasteiger partial charge on any atom is 0.330 e. The van der Waals surface area contributed by atoms with Crippen LogP contribution in [-0.4, -0.2) is 25.2 Å². The van der Waals surface area contributed by atoms with Gasteiger partial charge in [0.05, 0.1) is 28.7 Å². The standard InChI is InChI=1S/C28H24N4O3/c1-17-7-6-10-22-26(17)21(16-30-22)18(2)31-23-12-11-20(15-29)14-24(23)32(28(31)35)25(27(33)34)13-19-8-4-3-5-9-19/h3-12,14,16,18,25,30H,13H2,1-2H3,(H,33,34)/t18?,25-/m0/s1. The lowest BCUT2D eigenvalue weighted by atomic mass is 10.0. The number of fused-ring (bicyclic) bond motifs is 2. The fourth-order valence-electron chi connectivity index (χ4n) is 4.98. The second kappa shape index (κ2) is 8.65. The molecular weight excluding hydrogens is 440 g/mol. The van der Waals surface area contributed by atoms with E-state index in [-0.39, 0.29) is 12.5 Å². The molecule has 7 heteroatoms. The SMILES string of the molecule is Cc1cccc2[nH]cc(C(C)n3c(=O)n([C@@H](Cc4ccccc4)C(=O)O)c4cc(C#N)ccc43)c12. The molecule has 2 heterocycles. The molecule has 0 fully saturated rings. The molecule has 0 saturated carbocycles. The summed E-state index contributed by atoms with van der Waals surface area (Å²) in [4.78, 5) is 29.7. The van der Waals surface area contributed by atoms with Crippen molar-refractivity contribution in [2.45, 2.75) is 32.4 Å². The molecule has 0 amide bonds. The molecule has 0 radical (unpaired) electrons. The minimum atomic E-state index is -1.13. The number of hydrogen-bond donors (Lipinski definition) is 2. The Kier molecular flexibility index (Phi) is 5.50. The fourth-order valence-corrected chi connectivity index (χ4v) is 4.98. The Labute approximate surface area is 201 Å². The Bertz CT molecular complexity index is 1670. The summed E-state index contributed by atoms with van der Waals surface area (Å²) in [5.41, 5.74) is 4.77. The molecule has 0 aliphatic carbocycles. The number of nitriles is 1. The molecular formula is C28H24N4O3. The zero-order chi connectivity index (χ0) is 24.7. The lowest BCUT2D eigenvalue weighted by Gasteiger charge is -2.16. The van der Waals surface area contributed by atoms with Crippen molar-refractivity contribution in [2.24, 2.45) is 0 Å². The largest absolute Gasteiger partial charge is 0.480 e. The van der Waals surface area contributed by atoms with E-state index < -0.39 is 17.7 Å². The number of imidazole rings is 1. The van der Waals surface area contributed by atoms with Crippen LogP contribution in [0.2, 0.25) is 0 Å². The highest BCUT2D eigenvalue weighted by atomic mass is 16.4. The van der Waals surface area contributed by atoms with Crippen LogP contribution in [0.15, 0.2) is 77.7 Å². The highest BCUT2D eigenvalue weighted by Crippen LogP contribution is 2.32. The topological polar surface area (TPSA) is 104 Å².